The van der Waals surface area contributed by atoms with Crippen molar-refractivity contribution in [1.29, 1.82) is 0 Å². The van der Waals surface area contributed by atoms with E-state index in [0.29, 0.717) is 5.56 Å². The highest BCUT2D eigenvalue weighted by Gasteiger charge is 1.98. The molecule has 0 fully saturated rings. The Hall–Kier alpha value is -0.890. The summed E-state index contributed by atoms with van der Waals surface area (Å²) < 4.78 is 24.8. The molecule has 0 atom stereocenters. The number of rotatable bonds is 1. The van der Waals surface area contributed by atoms with Crippen molar-refractivity contribution >= 4 is 17.7 Å². The van der Waals surface area contributed by atoms with Crippen molar-refractivity contribution in [1.82, 2.24) is 0 Å². The summed E-state index contributed by atoms with van der Waals surface area (Å²) in [5.41, 5.74) is 1.78. The molecule has 0 nitrogen and oxygen atoms in total. The van der Waals surface area contributed by atoms with Crippen LogP contribution in [0.15, 0.2) is 23.7 Å². The minimum absolute atomic E-state index is 0.541. The Bertz CT molecular complexity index is 281. The Kier molecular flexibility index (Phi) is 2.60. The Morgan fingerprint density at radius 1 is 1.18 bits per heavy atom. The molecule has 0 radical (unpaired) electrons. The van der Waals surface area contributed by atoms with E-state index in [-0.39, 0.29) is 0 Å². The van der Waals surface area contributed by atoms with Crippen LogP contribution in [-0.4, -0.2) is 0 Å². The fourth-order valence-corrected chi connectivity index (χ4v) is 0.834. The molecule has 0 aromatic heterocycles. The third-order valence-electron chi connectivity index (χ3n) is 1.20. The van der Waals surface area contributed by atoms with Crippen molar-refractivity contribution in [3.8, 4) is 0 Å². The minimum atomic E-state index is -0.864. The minimum Gasteiger partial charge on any atom is -0.204 e. The van der Waals surface area contributed by atoms with E-state index < -0.39 is 11.6 Å². The Balaban J connectivity index is 3.05. The van der Waals surface area contributed by atoms with Gasteiger partial charge in [-0.15, -0.1) is 0 Å². The maximum atomic E-state index is 12.5. The van der Waals surface area contributed by atoms with Gasteiger partial charge in [0.05, 0.1) is 0 Å². The van der Waals surface area contributed by atoms with Gasteiger partial charge < -0.3 is 0 Å². The summed E-state index contributed by atoms with van der Waals surface area (Å²) in [6.07, 6.45) is 1.48. The molecule has 1 rings (SSSR count). The van der Waals surface area contributed by atoms with E-state index in [0.717, 1.165) is 12.1 Å². The van der Waals surface area contributed by atoms with Gasteiger partial charge in [-0.3, -0.25) is 0 Å². The average molecular weight is 175 g/mol. The zero-order chi connectivity index (χ0) is 8.27. The molecule has 0 saturated heterocycles. The summed E-state index contributed by atoms with van der Waals surface area (Å²) in [6, 6.07) is 3.58. The predicted octanol–water partition coefficient (Wildman–Crippen LogP) is 3.17. The highest BCUT2D eigenvalue weighted by molar-refractivity contribution is 6.27. The lowest BCUT2D eigenvalue weighted by Gasteiger charge is -1.93. The van der Waals surface area contributed by atoms with Gasteiger partial charge in [0.2, 0.25) is 0 Å². The van der Waals surface area contributed by atoms with E-state index in [2.05, 4.69) is 0 Å². The molecular weight excluding hydrogens is 170 g/mol. The molecule has 1 aromatic carbocycles. The Morgan fingerprint density at radius 2 is 1.91 bits per heavy atom. The second-order valence-corrected chi connectivity index (χ2v) is 2.22. The lowest BCUT2D eigenvalue weighted by Crippen LogP contribution is -1.82. The number of hydrogen-bond donors (Lipinski definition) is 0. The summed E-state index contributed by atoms with van der Waals surface area (Å²) >= 11 is 5.23. The van der Waals surface area contributed by atoms with Gasteiger partial charge in [0.15, 0.2) is 11.6 Å². The SMILES string of the molecule is Fc1ccc(C=CCl)cc1F. The van der Waals surface area contributed by atoms with Crippen molar-refractivity contribution in [3.63, 3.8) is 0 Å². The zero-order valence-corrected chi connectivity index (χ0v) is 6.28. The van der Waals surface area contributed by atoms with Crippen LogP contribution in [0.5, 0.6) is 0 Å². The number of hydrogen-bond acceptors (Lipinski definition) is 0. The molecule has 3 heteroatoms. The molecule has 0 bridgehead atoms. The Labute approximate surface area is 68.1 Å². The van der Waals surface area contributed by atoms with E-state index in [9.17, 15) is 8.78 Å². The van der Waals surface area contributed by atoms with E-state index in [1.807, 2.05) is 0 Å². The molecule has 11 heavy (non-hydrogen) atoms. The molecule has 0 spiro atoms. The molecule has 0 aliphatic carbocycles. The normalized spacial score (nSPS) is 10.8. The molecule has 58 valence electrons. The standard InChI is InChI=1S/C8H5ClF2/c9-4-3-6-1-2-7(10)8(11)5-6/h1-5H. The highest BCUT2D eigenvalue weighted by atomic mass is 35.5. The third kappa shape index (κ3) is 2.02. The summed E-state index contributed by atoms with van der Waals surface area (Å²) in [6.45, 7) is 0. The van der Waals surface area contributed by atoms with Gasteiger partial charge in [-0.1, -0.05) is 17.7 Å². The van der Waals surface area contributed by atoms with Gasteiger partial charge in [0.25, 0.3) is 0 Å². The molecule has 0 saturated carbocycles. The smallest absolute Gasteiger partial charge is 0.159 e. The third-order valence-corrected chi connectivity index (χ3v) is 1.33. The van der Waals surface area contributed by atoms with Crippen LogP contribution in [0.25, 0.3) is 6.08 Å². The number of halogens is 3. The van der Waals surface area contributed by atoms with Gasteiger partial charge in [-0.25, -0.2) is 8.78 Å². The quantitative estimate of drug-likeness (QED) is 0.614. The molecule has 0 amide bonds. The van der Waals surface area contributed by atoms with Crippen molar-refractivity contribution in [2.45, 2.75) is 0 Å². The van der Waals surface area contributed by atoms with Gasteiger partial charge in [0.1, 0.15) is 0 Å². The first kappa shape index (κ1) is 8.21. The van der Waals surface area contributed by atoms with Crippen LogP contribution in [-0.2, 0) is 0 Å². The monoisotopic (exact) mass is 174 g/mol. The maximum Gasteiger partial charge on any atom is 0.159 e. The Morgan fingerprint density at radius 3 is 2.45 bits per heavy atom. The first-order valence-corrected chi connectivity index (χ1v) is 3.39. The topological polar surface area (TPSA) is 0 Å². The van der Waals surface area contributed by atoms with Crippen LogP contribution >= 0.6 is 11.6 Å². The molecule has 0 aliphatic heterocycles. The first-order valence-electron chi connectivity index (χ1n) is 2.96. The summed E-state index contributed by atoms with van der Waals surface area (Å²) in [4.78, 5) is 0. The largest absolute Gasteiger partial charge is 0.204 e. The molecule has 0 N–H and O–H groups in total. The van der Waals surface area contributed by atoms with Crippen LogP contribution in [0.4, 0.5) is 8.78 Å². The van der Waals surface area contributed by atoms with Gasteiger partial charge in [0, 0.05) is 5.54 Å². The predicted molar refractivity (Wildman–Crippen MR) is 41.2 cm³/mol. The average Bonchev–Trinajstić information content (AvgIpc) is 1.98. The van der Waals surface area contributed by atoms with Crippen LogP contribution in [0.2, 0.25) is 0 Å². The van der Waals surface area contributed by atoms with Crippen molar-refractivity contribution in [3.05, 3.63) is 40.9 Å². The van der Waals surface area contributed by atoms with Crippen LogP contribution < -0.4 is 0 Å². The fourth-order valence-electron chi connectivity index (χ4n) is 0.689. The zero-order valence-electron chi connectivity index (χ0n) is 5.52. The van der Waals surface area contributed by atoms with Crippen LogP contribution in [0.1, 0.15) is 5.56 Å². The highest BCUT2D eigenvalue weighted by Crippen LogP contribution is 2.09. The van der Waals surface area contributed by atoms with Gasteiger partial charge >= 0.3 is 0 Å². The van der Waals surface area contributed by atoms with Gasteiger partial charge in [-0.05, 0) is 23.8 Å². The van der Waals surface area contributed by atoms with Crippen molar-refractivity contribution in [2.24, 2.45) is 0 Å². The maximum absolute atomic E-state index is 12.5. The lowest BCUT2D eigenvalue weighted by molar-refractivity contribution is 0.508. The second kappa shape index (κ2) is 3.49. The van der Waals surface area contributed by atoms with E-state index >= 15 is 0 Å². The van der Waals surface area contributed by atoms with Crippen molar-refractivity contribution < 1.29 is 8.78 Å². The van der Waals surface area contributed by atoms with E-state index in [1.165, 1.54) is 17.7 Å². The first-order chi connectivity index (χ1) is 5.24. The van der Waals surface area contributed by atoms with E-state index in [1.54, 1.807) is 0 Å². The second-order valence-electron chi connectivity index (χ2n) is 1.97. The van der Waals surface area contributed by atoms with Crippen molar-refractivity contribution in [2.75, 3.05) is 0 Å². The van der Waals surface area contributed by atoms with Gasteiger partial charge in [-0.2, -0.15) is 0 Å². The number of benzene rings is 1. The van der Waals surface area contributed by atoms with Crippen LogP contribution in [0.3, 0.4) is 0 Å². The van der Waals surface area contributed by atoms with Crippen LogP contribution in [0, 0.1) is 11.6 Å². The molecular formula is C8H5ClF2. The molecule has 0 aliphatic rings. The fraction of sp³-hybridized carbons (Fsp3) is 0. The summed E-state index contributed by atoms with van der Waals surface area (Å²) in [7, 11) is 0. The molecule has 0 heterocycles. The molecule has 0 unspecified atom stereocenters. The lowest BCUT2D eigenvalue weighted by atomic mass is 10.2. The van der Waals surface area contributed by atoms with E-state index in [4.69, 9.17) is 11.6 Å². The summed E-state index contributed by atoms with van der Waals surface area (Å²) in [5, 5.41) is 0. The molecule has 1 aromatic rings. The summed E-state index contributed by atoms with van der Waals surface area (Å²) in [5.74, 6) is -1.71.